The molecule has 562 valence electrons. The summed E-state index contributed by atoms with van der Waals surface area (Å²) in [6.07, 6.45) is 27.9. The van der Waals surface area contributed by atoms with E-state index < -0.39 is 9.84 Å². The Bertz CT molecular complexity index is 3300. The molecule has 5 aliphatic rings. The molecule has 1 spiro atoms. The average molecular weight is 1430 g/mol. The van der Waals surface area contributed by atoms with Gasteiger partial charge < -0.3 is 15.1 Å². The molecule has 4 unspecified atom stereocenters. The summed E-state index contributed by atoms with van der Waals surface area (Å²) in [6, 6.07) is 31.0. The van der Waals surface area contributed by atoms with Crippen molar-refractivity contribution in [2.45, 2.75) is 277 Å². The van der Waals surface area contributed by atoms with Gasteiger partial charge in [0.15, 0.2) is 9.84 Å². The van der Waals surface area contributed by atoms with Crippen LogP contribution in [0.1, 0.15) is 236 Å². The van der Waals surface area contributed by atoms with Crippen LogP contribution in [-0.4, -0.2) is 157 Å². The molecule has 1 aliphatic carbocycles. The highest BCUT2D eigenvalue weighted by molar-refractivity contribution is 7.90. The van der Waals surface area contributed by atoms with Gasteiger partial charge in [-0.3, -0.25) is 24.4 Å². The third-order valence-corrected chi connectivity index (χ3v) is 23.7. The first-order valence-electron chi connectivity index (χ1n) is 38.0. The number of hydrogen-bond acceptors (Lipinski definition) is 9. The first-order chi connectivity index (χ1) is 47.2. The van der Waals surface area contributed by atoms with E-state index in [0.29, 0.717) is 34.5 Å². The highest BCUT2D eigenvalue weighted by Gasteiger charge is 2.39. The molecule has 4 atom stereocenters. The molecule has 4 saturated heterocycles. The number of nitrogens with zero attached hydrogens (tertiary/aromatic N) is 5. The molecular weight excluding hydrogens is 1300 g/mol. The number of sulfone groups is 1. The second-order valence-corrected chi connectivity index (χ2v) is 36.5. The van der Waals surface area contributed by atoms with Crippen molar-refractivity contribution in [3.63, 3.8) is 0 Å². The molecule has 9 rings (SSSR count). The number of carbonyl (C=O) groups excluding carboxylic acids is 1. The number of rotatable bonds is 21. The van der Waals surface area contributed by atoms with Crippen molar-refractivity contribution in [3.8, 4) is 0 Å². The van der Waals surface area contributed by atoms with E-state index in [2.05, 4.69) is 167 Å². The molecular formula is C87H132ClF2N5O5S. The van der Waals surface area contributed by atoms with Crippen LogP contribution >= 0.6 is 11.6 Å². The topological polar surface area (TPSA) is 108 Å². The van der Waals surface area contributed by atoms with Gasteiger partial charge >= 0.3 is 0 Å². The van der Waals surface area contributed by atoms with E-state index in [4.69, 9.17) is 11.6 Å². The maximum absolute atomic E-state index is 13.3. The standard InChI is InChI=1S/C26H41NO2S.C21H31FN2O.C20H30ClNO.C20H30FNO/c1-21(2)19-23(27-17-15-26(16-18-27)13-7-6-8-14-26)20-25(3,4)22-9-11-24(12-10-22)30(5,28)29;1-16(2)14-20(24-12-10-23(11-13-24)17(3)25)15-21(4,5)18-6-8-19(22)9-7-18;2*1-15(2)13-18(22-11-9-19(23)10-12-22)14-20(3,4)16-5-7-17(21)8-6-16/h9-12,19,23H,6-8,13-18,20H2,1-5H3;6-9,14,20H,10-13,15H2,1-5H3;2*5-8,13,18-19,23H,9-12,14H2,1-4H3. The molecule has 5 fully saturated rings. The number of benzene rings is 4. The lowest BCUT2D eigenvalue weighted by Gasteiger charge is -2.47. The number of allylic oxidation sites excluding steroid dienone is 4. The molecule has 1 saturated carbocycles. The maximum Gasteiger partial charge on any atom is 0.219 e. The number of hydrogen-bond donors (Lipinski definition) is 2. The fraction of sp³-hybridized carbons (Fsp3) is 0.621. The number of halogens is 3. The smallest absolute Gasteiger partial charge is 0.219 e. The van der Waals surface area contributed by atoms with Crippen LogP contribution in [0.3, 0.4) is 0 Å². The van der Waals surface area contributed by atoms with Gasteiger partial charge in [-0.05, 0) is 243 Å². The predicted octanol–water partition coefficient (Wildman–Crippen LogP) is 19.2. The third kappa shape index (κ3) is 27.5. The average Bonchev–Trinajstić information content (AvgIpc) is 0.810. The Morgan fingerprint density at radius 1 is 0.446 bits per heavy atom. The first kappa shape index (κ1) is 85.1. The van der Waals surface area contributed by atoms with Crippen LogP contribution in [0.2, 0.25) is 5.02 Å². The minimum atomic E-state index is -3.15. The van der Waals surface area contributed by atoms with Gasteiger partial charge in [0.2, 0.25) is 5.91 Å². The molecule has 10 nitrogen and oxygen atoms in total. The van der Waals surface area contributed by atoms with Gasteiger partial charge in [0.25, 0.3) is 0 Å². The monoisotopic (exact) mass is 1430 g/mol. The number of piperazine rings is 1. The Morgan fingerprint density at radius 2 is 0.723 bits per heavy atom. The number of amides is 1. The van der Waals surface area contributed by atoms with Crippen molar-refractivity contribution in [3.05, 3.63) is 183 Å². The van der Waals surface area contributed by atoms with E-state index in [1.54, 1.807) is 43.3 Å². The van der Waals surface area contributed by atoms with Crippen molar-refractivity contribution in [1.29, 1.82) is 0 Å². The van der Waals surface area contributed by atoms with Crippen molar-refractivity contribution in [1.82, 2.24) is 24.5 Å². The Labute approximate surface area is 617 Å². The van der Waals surface area contributed by atoms with Crippen LogP contribution in [0.4, 0.5) is 8.78 Å². The van der Waals surface area contributed by atoms with E-state index in [9.17, 15) is 32.2 Å². The molecule has 0 bridgehead atoms. The number of aliphatic hydroxyl groups is 2. The largest absolute Gasteiger partial charge is 0.393 e. The number of piperidine rings is 3. The van der Waals surface area contributed by atoms with E-state index in [0.717, 1.165) is 114 Å². The molecule has 2 N–H and O–H groups in total. The lowest BCUT2D eigenvalue weighted by molar-refractivity contribution is -0.130. The molecule has 4 aromatic rings. The third-order valence-electron chi connectivity index (χ3n) is 22.3. The SMILES string of the molecule is CC(=O)N1CCN(C(C=C(C)C)CC(C)(C)c2ccc(F)cc2)CC1.CC(C)=CC(CC(C)(C)c1ccc(Cl)cc1)N1CCC(O)CC1.CC(C)=CC(CC(C)(C)c1ccc(F)cc1)N1CCC(O)CC1.CC(C)=CC(CC(C)(C)c1ccc(S(C)(=O)=O)cc1)N1CCC2(CCCCC2)CC1. The summed E-state index contributed by atoms with van der Waals surface area (Å²) < 4.78 is 50.1. The van der Waals surface area contributed by atoms with Crippen LogP contribution in [0.25, 0.3) is 0 Å². The van der Waals surface area contributed by atoms with Crippen LogP contribution in [0, 0.1) is 17.0 Å². The lowest BCUT2D eigenvalue weighted by atomic mass is 9.67. The molecule has 4 heterocycles. The van der Waals surface area contributed by atoms with Gasteiger partial charge in [-0.1, -0.05) is 181 Å². The number of likely N-dealkylation sites (tertiary alicyclic amines) is 3. The van der Waals surface area contributed by atoms with Crippen LogP contribution in [0.5, 0.6) is 0 Å². The number of aliphatic hydroxyl groups excluding tert-OH is 2. The Morgan fingerprint density at radius 3 is 1.01 bits per heavy atom. The van der Waals surface area contributed by atoms with Gasteiger partial charge in [0, 0.05) is 94.7 Å². The predicted molar refractivity (Wildman–Crippen MR) is 421 cm³/mol. The van der Waals surface area contributed by atoms with Crippen molar-refractivity contribution in [2.75, 3.05) is 71.7 Å². The van der Waals surface area contributed by atoms with E-state index >= 15 is 0 Å². The van der Waals surface area contributed by atoms with E-state index in [1.165, 1.54) is 103 Å². The minimum Gasteiger partial charge on any atom is -0.393 e. The Balaban J connectivity index is 0.000000213. The Hall–Kier alpha value is -4.83. The highest BCUT2D eigenvalue weighted by atomic mass is 35.5. The molecule has 4 aliphatic heterocycles. The summed E-state index contributed by atoms with van der Waals surface area (Å²) in [6.45, 7) is 46.6. The summed E-state index contributed by atoms with van der Waals surface area (Å²) in [7, 11) is -3.15. The quantitative estimate of drug-likeness (QED) is 0.0789. The highest BCUT2D eigenvalue weighted by Crippen LogP contribution is 2.46. The fourth-order valence-corrected chi connectivity index (χ4v) is 16.8. The lowest BCUT2D eigenvalue weighted by Crippen LogP contribution is -2.52. The summed E-state index contributed by atoms with van der Waals surface area (Å²) in [5.74, 6) is -0.221. The van der Waals surface area contributed by atoms with Crippen molar-refractivity contribution < 1.29 is 32.2 Å². The van der Waals surface area contributed by atoms with Gasteiger partial charge in [-0.15, -0.1) is 0 Å². The number of carbonyl (C=O) groups is 1. The molecule has 101 heavy (non-hydrogen) atoms. The van der Waals surface area contributed by atoms with Gasteiger partial charge in [0.1, 0.15) is 11.6 Å². The molecule has 1 amide bonds. The zero-order valence-electron chi connectivity index (χ0n) is 65.6. The van der Waals surface area contributed by atoms with E-state index in [-0.39, 0.29) is 51.4 Å². The molecule has 14 heteroatoms. The van der Waals surface area contributed by atoms with Crippen LogP contribution < -0.4 is 0 Å². The maximum atomic E-state index is 13.3. The summed E-state index contributed by atoms with van der Waals surface area (Å²) >= 11 is 6.03. The second kappa shape index (κ2) is 38.4. The summed E-state index contributed by atoms with van der Waals surface area (Å²) in [5.41, 5.74) is 10.8. The zero-order chi connectivity index (χ0) is 74.7. The Kier molecular flexibility index (Phi) is 32.4. The molecule has 0 radical (unpaired) electrons. The van der Waals surface area contributed by atoms with Crippen LogP contribution in [-0.2, 0) is 36.3 Å². The fourth-order valence-electron chi connectivity index (χ4n) is 16.1. The van der Waals surface area contributed by atoms with Crippen LogP contribution in [0.15, 0.2) is 149 Å². The second-order valence-electron chi connectivity index (χ2n) is 34.1. The van der Waals surface area contributed by atoms with Crippen molar-refractivity contribution in [2.24, 2.45) is 5.41 Å². The van der Waals surface area contributed by atoms with E-state index in [1.807, 2.05) is 53.4 Å². The molecule has 0 aromatic heterocycles. The van der Waals surface area contributed by atoms with Crippen molar-refractivity contribution >= 4 is 27.3 Å². The minimum absolute atomic E-state index is 0.0212. The van der Waals surface area contributed by atoms with Gasteiger partial charge in [0.05, 0.1) is 17.1 Å². The summed E-state index contributed by atoms with van der Waals surface area (Å²) in [5, 5.41) is 20.3. The zero-order valence-corrected chi connectivity index (χ0v) is 67.2. The normalized spacial score (nSPS) is 19.1. The van der Waals surface area contributed by atoms with Gasteiger partial charge in [-0.25, -0.2) is 17.2 Å². The molecule has 4 aromatic carbocycles. The summed E-state index contributed by atoms with van der Waals surface area (Å²) in [4.78, 5) is 24.1. The first-order valence-corrected chi connectivity index (χ1v) is 40.3. The van der Waals surface area contributed by atoms with Gasteiger partial charge in [-0.2, -0.15) is 0 Å².